The van der Waals surface area contributed by atoms with Gasteiger partial charge in [-0.15, -0.1) is 0 Å². The van der Waals surface area contributed by atoms with E-state index in [1.165, 1.54) is 43.0 Å². The van der Waals surface area contributed by atoms with Crippen molar-refractivity contribution >= 4 is 17.3 Å². The lowest BCUT2D eigenvalue weighted by molar-refractivity contribution is -0.133. The molecule has 2 aliphatic heterocycles. The highest BCUT2D eigenvalue weighted by Crippen LogP contribution is 2.28. The molecule has 33 heavy (non-hydrogen) atoms. The first kappa shape index (κ1) is 21.9. The molecule has 1 aromatic rings. The van der Waals surface area contributed by atoms with Crippen molar-refractivity contribution in [3.8, 4) is 6.07 Å². The summed E-state index contributed by atoms with van der Waals surface area (Å²) in [4.78, 5) is 23.0. The number of nitrogens with zero attached hydrogens (tertiary/aromatic N) is 5. The fourth-order valence-electron chi connectivity index (χ4n) is 5.61. The van der Waals surface area contributed by atoms with Gasteiger partial charge in [0.2, 0.25) is 5.91 Å². The minimum Gasteiger partial charge on any atom is -0.340 e. The normalized spacial score (nSPS) is 26.3. The Morgan fingerprint density at radius 2 is 1.97 bits per heavy atom. The van der Waals surface area contributed by atoms with E-state index in [1.807, 2.05) is 17.1 Å². The predicted octanol–water partition coefficient (Wildman–Crippen LogP) is 3.83. The summed E-state index contributed by atoms with van der Waals surface area (Å²) in [7, 11) is 0. The van der Waals surface area contributed by atoms with Crippen molar-refractivity contribution < 1.29 is 4.79 Å². The Labute approximate surface area is 196 Å². The molecule has 0 N–H and O–H groups in total. The zero-order chi connectivity index (χ0) is 22.6. The van der Waals surface area contributed by atoms with Gasteiger partial charge >= 0.3 is 0 Å². The number of aryl methyl sites for hydroxylation is 1. The number of rotatable bonds is 2. The molecular weight excluding hydrogens is 410 g/mol. The number of aromatic nitrogens is 1. The van der Waals surface area contributed by atoms with Crippen LogP contribution in [0.3, 0.4) is 0 Å². The average Bonchev–Trinajstić information content (AvgIpc) is 3.55. The van der Waals surface area contributed by atoms with E-state index in [9.17, 15) is 4.79 Å². The van der Waals surface area contributed by atoms with Crippen LogP contribution in [-0.2, 0) is 11.2 Å². The van der Waals surface area contributed by atoms with Gasteiger partial charge in [-0.25, -0.2) is 0 Å². The second-order valence-corrected chi connectivity index (χ2v) is 9.53. The first-order chi connectivity index (χ1) is 16.2. The molecule has 5 rings (SSSR count). The van der Waals surface area contributed by atoms with E-state index in [0.717, 1.165) is 32.2 Å². The number of aliphatic imine (C=N–C) groups is 1. The molecule has 1 saturated heterocycles. The summed E-state index contributed by atoms with van der Waals surface area (Å²) in [6.45, 7) is 4.43. The van der Waals surface area contributed by atoms with Crippen molar-refractivity contribution in [3.05, 3.63) is 53.9 Å². The van der Waals surface area contributed by atoms with Crippen LogP contribution in [0.4, 0.5) is 0 Å². The molecule has 0 spiro atoms. The molecule has 1 aromatic heterocycles. The van der Waals surface area contributed by atoms with E-state index in [-0.39, 0.29) is 11.8 Å². The zero-order valence-corrected chi connectivity index (χ0v) is 19.3. The van der Waals surface area contributed by atoms with Crippen LogP contribution in [0.15, 0.2) is 53.2 Å². The third-order valence-corrected chi connectivity index (χ3v) is 7.45. The molecule has 2 aliphatic carbocycles. The molecule has 3 heterocycles. The highest BCUT2D eigenvalue weighted by Gasteiger charge is 2.29. The van der Waals surface area contributed by atoms with Gasteiger partial charge in [0.15, 0.2) is 0 Å². The Bertz CT molecular complexity index is 1050. The van der Waals surface area contributed by atoms with Gasteiger partial charge in [-0.05, 0) is 69.8 Å². The van der Waals surface area contributed by atoms with Crippen molar-refractivity contribution in [2.45, 2.75) is 51.0 Å². The average molecular weight is 444 g/mol. The summed E-state index contributed by atoms with van der Waals surface area (Å²) in [5.41, 5.74) is 4.37. The standard InChI is InChI=1S/C27H33N5O/c28-20-21-7-9-22(10-8-21)27(33)31-16-3-5-23-6-4-17-32(23)26-12-11-24(30-14-1-2-15-30)19-25(26)29-13-18-31/h4,6-9,12,17,22,24H,1-3,5,10-11,13-16,18-19H2. The Hall–Kier alpha value is -2.91. The Morgan fingerprint density at radius 3 is 2.76 bits per heavy atom. The first-order valence-corrected chi connectivity index (χ1v) is 12.4. The minimum atomic E-state index is -0.173. The SMILES string of the molecule is N#CC1=CCC(C(=O)N2CCCc3cccn3C3=CCC(N4CCCC4)CC3=NCC2)C=C1. The fourth-order valence-corrected chi connectivity index (χ4v) is 5.61. The maximum Gasteiger partial charge on any atom is 0.229 e. The lowest BCUT2D eigenvalue weighted by atomic mass is 9.95. The number of hydrogen-bond acceptors (Lipinski definition) is 4. The van der Waals surface area contributed by atoms with Crippen molar-refractivity contribution in [1.29, 1.82) is 5.26 Å². The van der Waals surface area contributed by atoms with Crippen molar-refractivity contribution in [3.63, 3.8) is 0 Å². The number of allylic oxidation sites excluding steroid dienone is 4. The second kappa shape index (κ2) is 9.93. The van der Waals surface area contributed by atoms with Crippen LogP contribution in [-0.4, -0.2) is 64.8 Å². The number of fused-ring (bicyclic) bond motifs is 3. The number of hydrogen-bond donors (Lipinski definition) is 0. The molecule has 0 radical (unpaired) electrons. The molecule has 2 atom stereocenters. The third kappa shape index (κ3) is 4.74. The number of likely N-dealkylation sites (tertiary alicyclic amines) is 1. The van der Waals surface area contributed by atoms with Crippen LogP contribution in [0, 0.1) is 17.2 Å². The zero-order valence-electron chi connectivity index (χ0n) is 19.3. The molecule has 172 valence electrons. The van der Waals surface area contributed by atoms with Crippen LogP contribution in [0.25, 0.3) is 5.70 Å². The van der Waals surface area contributed by atoms with Gasteiger partial charge in [-0.3, -0.25) is 14.7 Å². The maximum absolute atomic E-state index is 13.3. The highest BCUT2D eigenvalue weighted by atomic mass is 16.2. The summed E-state index contributed by atoms with van der Waals surface area (Å²) >= 11 is 0. The molecule has 4 aliphatic rings. The van der Waals surface area contributed by atoms with Crippen LogP contribution < -0.4 is 0 Å². The lowest BCUT2D eigenvalue weighted by Crippen LogP contribution is -2.39. The monoisotopic (exact) mass is 443 g/mol. The van der Waals surface area contributed by atoms with Gasteiger partial charge in [0, 0.05) is 43.0 Å². The quantitative estimate of drug-likeness (QED) is 0.698. The number of carbonyl (C=O) groups is 1. The molecule has 1 fully saturated rings. The third-order valence-electron chi connectivity index (χ3n) is 7.45. The van der Waals surface area contributed by atoms with E-state index >= 15 is 0 Å². The predicted molar refractivity (Wildman–Crippen MR) is 131 cm³/mol. The number of carbonyl (C=O) groups excluding carboxylic acids is 1. The molecule has 0 saturated carbocycles. The van der Waals surface area contributed by atoms with Gasteiger partial charge in [-0.1, -0.05) is 18.2 Å². The summed E-state index contributed by atoms with van der Waals surface area (Å²) in [5, 5.41) is 9.07. The van der Waals surface area contributed by atoms with E-state index in [2.05, 4.69) is 39.9 Å². The summed E-state index contributed by atoms with van der Waals surface area (Å²) in [6.07, 6.45) is 17.3. The van der Waals surface area contributed by atoms with E-state index < -0.39 is 0 Å². The van der Waals surface area contributed by atoms with Crippen LogP contribution >= 0.6 is 0 Å². The Balaban J connectivity index is 1.36. The second-order valence-electron chi connectivity index (χ2n) is 9.53. The number of amides is 1. The summed E-state index contributed by atoms with van der Waals surface area (Å²) in [5.74, 6) is -0.0166. The van der Waals surface area contributed by atoms with Crippen molar-refractivity contribution in [1.82, 2.24) is 14.4 Å². The molecule has 2 unspecified atom stereocenters. The van der Waals surface area contributed by atoms with Crippen LogP contribution in [0.2, 0.25) is 0 Å². The molecule has 6 nitrogen and oxygen atoms in total. The summed E-state index contributed by atoms with van der Waals surface area (Å²) in [6, 6.07) is 7.04. The number of nitriles is 1. The summed E-state index contributed by atoms with van der Waals surface area (Å²) < 4.78 is 2.33. The molecule has 0 bridgehead atoms. The van der Waals surface area contributed by atoms with Crippen molar-refractivity contribution in [2.24, 2.45) is 10.9 Å². The smallest absolute Gasteiger partial charge is 0.229 e. The van der Waals surface area contributed by atoms with E-state index in [4.69, 9.17) is 10.3 Å². The molecule has 6 heteroatoms. The van der Waals surface area contributed by atoms with Gasteiger partial charge < -0.3 is 9.47 Å². The minimum absolute atomic E-state index is 0.156. The van der Waals surface area contributed by atoms with Gasteiger partial charge in [-0.2, -0.15) is 5.26 Å². The topological polar surface area (TPSA) is 64.6 Å². The van der Waals surface area contributed by atoms with E-state index in [0.29, 0.717) is 31.1 Å². The Kier molecular flexibility index (Phi) is 6.59. The highest BCUT2D eigenvalue weighted by molar-refractivity contribution is 6.19. The maximum atomic E-state index is 13.3. The first-order valence-electron chi connectivity index (χ1n) is 12.4. The Morgan fingerprint density at radius 1 is 1.09 bits per heavy atom. The largest absolute Gasteiger partial charge is 0.340 e. The fraction of sp³-hybridized carbons (Fsp3) is 0.519. The molecule has 0 aromatic carbocycles. The van der Waals surface area contributed by atoms with Gasteiger partial charge in [0.05, 0.1) is 29.9 Å². The van der Waals surface area contributed by atoms with Crippen molar-refractivity contribution in [2.75, 3.05) is 32.7 Å². The van der Waals surface area contributed by atoms with Crippen LogP contribution in [0.1, 0.15) is 44.2 Å². The molecule has 1 amide bonds. The van der Waals surface area contributed by atoms with Gasteiger partial charge in [0.1, 0.15) is 0 Å². The van der Waals surface area contributed by atoms with Gasteiger partial charge in [0.25, 0.3) is 0 Å². The molecular formula is C27H33N5O. The van der Waals surface area contributed by atoms with Crippen LogP contribution in [0.5, 0.6) is 0 Å². The van der Waals surface area contributed by atoms with E-state index in [1.54, 1.807) is 6.08 Å². The lowest BCUT2D eigenvalue weighted by Gasteiger charge is -2.32.